The largest absolute Gasteiger partial charge is 0.481 e. The Hall–Kier alpha value is -2.55. The number of rotatable bonds is 6. The zero-order valence-corrected chi connectivity index (χ0v) is 14.7. The van der Waals surface area contributed by atoms with Crippen molar-refractivity contribution in [3.05, 3.63) is 45.6 Å². The zero-order valence-electron chi connectivity index (χ0n) is 13.9. The van der Waals surface area contributed by atoms with Crippen molar-refractivity contribution in [2.24, 2.45) is 0 Å². The first kappa shape index (κ1) is 19.8. The molecule has 0 bridgehead atoms. The fraction of sp³-hybridized carbons (Fsp3) is 0.294. The van der Waals surface area contributed by atoms with Gasteiger partial charge in [0.1, 0.15) is 12.5 Å². The second-order valence-electron chi connectivity index (χ2n) is 5.54. The number of anilines is 2. The Morgan fingerprint density at radius 1 is 1.27 bits per heavy atom. The molecule has 5 nitrogen and oxygen atoms in total. The number of carboxylic acids is 1. The topological polar surface area (TPSA) is 75.6 Å². The van der Waals surface area contributed by atoms with E-state index in [1.165, 1.54) is 19.9 Å². The zero-order chi connectivity index (χ0) is 19.5. The van der Waals surface area contributed by atoms with Crippen molar-refractivity contribution >= 4 is 34.7 Å². The summed E-state index contributed by atoms with van der Waals surface area (Å²) in [7, 11) is 0. The number of aliphatic carboxylic acids is 1. The quantitative estimate of drug-likeness (QED) is 0.711. The lowest BCUT2D eigenvalue weighted by Crippen LogP contribution is -2.19. The number of hydrogen-bond donors (Lipinski definition) is 2. The monoisotopic (exact) mass is 387 g/mol. The number of aryl methyl sites for hydroxylation is 1. The Balaban J connectivity index is 2.28. The third-order valence-electron chi connectivity index (χ3n) is 3.59. The number of carboxylic acid groups (broad SMARTS) is 1. The van der Waals surface area contributed by atoms with E-state index in [-0.39, 0.29) is 6.61 Å². The third kappa shape index (κ3) is 4.75. The Morgan fingerprint density at radius 2 is 1.96 bits per heavy atom. The molecule has 2 aromatic rings. The molecule has 1 heterocycles. The van der Waals surface area contributed by atoms with Crippen LogP contribution in [0.25, 0.3) is 0 Å². The molecule has 2 rings (SSSR count). The van der Waals surface area contributed by atoms with Crippen LogP contribution >= 0.6 is 11.3 Å². The number of nitrogens with one attached hydrogen (secondary N) is 1. The van der Waals surface area contributed by atoms with E-state index in [0.717, 1.165) is 23.5 Å². The van der Waals surface area contributed by atoms with Gasteiger partial charge in [0, 0.05) is 17.5 Å². The fourth-order valence-electron chi connectivity index (χ4n) is 2.28. The molecule has 0 amide bonds. The van der Waals surface area contributed by atoms with Gasteiger partial charge in [-0.3, -0.25) is 9.59 Å². The molecule has 0 fully saturated rings. The third-order valence-corrected chi connectivity index (χ3v) is 4.62. The molecular formula is C17H16F3NO4S. The molecule has 1 unspecified atom stereocenters. The molecule has 0 radical (unpaired) electrons. The first-order chi connectivity index (χ1) is 12.1. The summed E-state index contributed by atoms with van der Waals surface area (Å²) in [5.41, 5.74) is 0.472. The second kappa shape index (κ2) is 7.77. The Kier molecular flexibility index (Phi) is 5.91. The van der Waals surface area contributed by atoms with E-state index in [0.29, 0.717) is 21.8 Å². The summed E-state index contributed by atoms with van der Waals surface area (Å²) in [6.45, 7) is 2.38. The molecule has 0 aliphatic rings. The molecule has 0 spiro atoms. The van der Waals surface area contributed by atoms with Crippen LogP contribution < -0.4 is 5.32 Å². The second-order valence-corrected chi connectivity index (χ2v) is 6.49. The summed E-state index contributed by atoms with van der Waals surface area (Å²) in [5, 5.41) is 14.0. The van der Waals surface area contributed by atoms with Crippen LogP contribution in [-0.2, 0) is 20.5 Å². The molecule has 0 aliphatic heterocycles. The first-order valence-corrected chi connectivity index (χ1v) is 8.36. The van der Waals surface area contributed by atoms with Gasteiger partial charge in [0.15, 0.2) is 0 Å². The van der Waals surface area contributed by atoms with E-state index in [4.69, 9.17) is 4.74 Å². The highest BCUT2D eigenvalue weighted by Crippen LogP contribution is 2.36. The van der Waals surface area contributed by atoms with E-state index in [9.17, 15) is 27.9 Å². The molecule has 1 aromatic carbocycles. The van der Waals surface area contributed by atoms with Crippen LogP contribution in [0.1, 0.15) is 28.8 Å². The number of esters is 1. The smallest absolute Gasteiger partial charge is 0.416 e. The lowest BCUT2D eigenvalue weighted by atomic mass is 10.1. The van der Waals surface area contributed by atoms with E-state index in [1.807, 2.05) is 0 Å². The van der Waals surface area contributed by atoms with Gasteiger partial charge >= 0.3 is 18.1 Å². The Labute approximate surface area is 151 Å². The summed E-state index contributed by atoms with van der Waals surface area (Å²) in [4.78, 5) is 22.9. The van der Waals surface area contributed by atoms with Crippen molar-refractivity contribution in [3.8, 4) is 0 Å². The van der Waals surface area contributed by atoms with Gasteiger partial charge in [-0.05, 0) is 42.1 Å². The van der Waals surface area contributed by atoms with Crippen molar-refractivity contribution in [2.75, 3.05) is 11.9 Å². The van der Waals surface area contributed by atoms with Crippen molar-refractivity contribution in [1.29, 1.82) is 0 Å². The van der Waals surface area contributed by atoms with Crippen LogP contribution in [0, 0.1) is 6.92 Å². The predicted molar refractivity (Wildman–Crippen MR) is 90.8 cm³/mol. The number of carbonyl (C=O) groups is 2. The summed E-state index contributed by atoms with van der Waals surface area (Å²) < 4.78 is 43.1. The lowest BCUT2D eigenvalue weighted by molar-refractivity contribution is -0.146. The van der Waals surface area contributed by atoms with Gasteiger partial charge < -0.3 is 15.2 Å². The van der Waals surface area contributed by atoms with Crippen molar-refractivity contribution < 1.29 is 32.6 Å². The molecule has 140 valence electrons. The number of thiophene rings is 1. The van der Waals surface area contributed by atoms with Gasteiger partial charge in [0.25, 0.3) is 0 Å². The van der Waals surface area contributed by atoms with Crippen LogP contribution in [0.5, 0.6) is 0 Å². The van der Waals surface area contributed by atoms with Crippen molar-refractivity contribution in [1.82, 2.24) is 0 Å². The highest BCUT2D eigenvalue weighted by molar-refractivity contribution is 7.10. The molecule has 26 heavy (non-hydrogen) atoms. The summed E-state index contributed by atoms with van der Waals surface area (Å²) in [6.07, 6.45) is -4.44. The normalized spacial score (nSPS) is 12.5. The molecule has 0 saturated heterocycles. The average molecular weight is 387 g/mol. The van der Waals surface area contributed by atoms with E-state index in [1.54, 1.807) is 11.4 Å². The first-order valence-electron chi connectivity index (χ1n) is 7.48. The summed E-state index contributed by atoms with van der Waals surface area (Å²) in [5.74, 6) is -2.84. The van der Waals surface area contributed by atoms with E-state index < -0.39 is 29.6 Å². The highest BCUT2D eigenvalue weighted by atomic mass is 32.1. The average Bonchev–Trinajstić information content (AvgIpc) is 2.96. The minimum atomic E-state index is -4.44. The summed E-state index contributed by atoms with van der Waals surface area (Å²) >= 11 is 1.16. The van der Waals surface area contributed by atoms with Gasteiger partial charge in [-0.1, -0.05) is 0 Å². The van der Waals surface area contributed by atoms with E-state index >= 15 is 0 Å². The molecule has 9 heteroatoms. The number of benzene rings is 1. The number of hydrogen-bond acceptors (Lipinski definition) is 5. The van der Waals surface area contributed by atoms with Crippen molar-refractivity contribution in [3.63, 3.8) is 0 Å². The van der Waals surface area contributed by atoms with Crippen LogP contribution in [0.4, 0.5) is 24.5 Å². The van der Waals surface area contributed by atoms with Gasteiger partial charge in [-0.15, -0.1) is 11.3 Å². The number of ether oxygens (including phenoxy) is 1. The van der Waals surface area contributed by atoms with Crippen LogP contribution in [-0.4, -0.2) is 23.7 Å². The highest BCUT2D eigenvalue weighted by Gasteiger charge is 2.31. The fourth-order valence-corrected chi connectivity index (χ4v) is 3.21. The van der Waals surface area contributed by atoms with Gasteiger partial charge in [0.2, 0.25) is 0 Å². The van der Waals surface area contributed by atoms with Crippen LogP contribution in [0.15, 0.2) is 29.6 Å². The SMILES string of the molecule is CC(=O)OCC(C(=O)O)c1sccc1Nc1ccc(C(F)(F)F)cc1C. The van der Waals surface area contributed by atoms with Gasteiger partial charge in [0.05, 0.1) is 11.3 Å². The molecule has 0 aliphatic carbocycles. The Morgan fingerprint density at radius 3 is 2.50 bits per heavy atom. The van der Waals surface area contributed by atoms with Gasteiger partial charge in [-0.2, -0.15) is 13.2 Å². The van der Waals surface area contributed by atoms with Gasteiger partial charge in [-0.25, -0.2) is 0 Å². The number of carbonyl (C=O) groups excluding carboxylic acids is 1. The minimum absolute atomic E-state index is 0.328. The maximum Gasteiger partial charge on any atom is 0.416 e. The number of halogens is 3. The molecule has 2 N–H and O–H groups in total. The maximum absolute atomic E-state index is 12.8. The molecule has 1 aromatic heterocycles. The lowest BCUT2D eigenvalue weighted by Gasteiger charge is -2.16. The Bertz CT molecular complexity index is 817. The molecule has 0 saturated carbocycles. The maximum atomic E-state index is 12.8. The standard InChI is InChI=1S/C17H16F3NO4S/c1-9-7-11(17(18,19)20)3-4-13(9)21-14-5-6-26-15(14)12(16(23)24)8-25-10(2)22/h3-7,12,21H,8H2,1-2H3,(H,23,24). The van der Waals surface area contributed by atoms with Crippen LogP contribution in [0.3, 0.4) is 0 Å². The summed E-state index contributed by atoms with van der Waals surface area (Å²) in [6, 6.07) is 4.89. The van der Waals surface area contributed by atoms with Crippen LogP contribution in [0.2, 0.25) is 0 Å². The molecule has 1 atom stereocenters. The van der Waals surface area contributed by atoms with Crippen molar-refractivity contribution in [2.45, 2.75) is 25.9 Å². The number of alkyl halides is 3. The minimum Gasteiger partial charge on any atom is -0.481 e. The molecular weight excluding hydrogens is 371 g/mol. The predicted octanol–water partition coefficient (Wildman–Crippen LogP) is 4.55. The van der Waals surface area contributed by atoms with E-state index in [2.05, 4.69) is 5.32 Å².